The zero-order chi connectivity index (χ0) is 10.7. The molecule has 0 saturated heterocycles. The van der Waals surface area contributed by atoms with Crippen LogP contribution < -0.4 is 0 Å². The van der Waals surface area contributed by atoms with Gasteiger partial charge in [0, 0.05) is 29.2 Å². The third-order valence-electron chi connectivity index (χ3n) is 1.63. The van der Waals surface area contributed by atoms with E-state index in [0.29, 0.717) is 4.47 Å². The Labute approximate surface area is 101 Å². The molecule has 78 valence electrons. The van der Waals surface area contributed by atoms with Crippen LogP contribution in [0.2, 0.25) is 4.47 Å². The SMILES string of the molecule is Cc1cnc(SCc2cnc(Cl)s2)nc1. The van der Waals surface area contributed by atoms with Crippen LogP contribution in [0.5, 0.6) is 0 Å². The van der Waals surface area contributed by atoms with Crippen LogP contribution in [0.25, 0.3) is 0 Å². The van der Waals surface area contributed by atoms with E-state index in [1.165, 1.54) is 11.3 Å². The largest absolute Gasteiger partial charge is 0.233 e. The quantitative estimate of drug-likeness (QED) is 0.625. The fraction of sp³-hybridized carbons (Fsp3) is 0.222. The highest BCUT2D eigenvalue weighted by atomic mass is 35.5. The summed E-state index contributed by atoms with van der Waals surface area (Å²) in [5.41, 5.74) is 1.07. The van der Waals surface area contributed by atoms with Crippen LogP contribution in [0.15, 0.2) is 23.7 Å². The number of halogens is 1. The average Bonchev–Trinajstić information content (AvgIpc) is 2.64. The smallest absolute Gasteiger partial charge is 0.187 e. The zero-order valence-corrected chi connectivity index (χ0v) is 10.4. The number of thioether (sulfide) groups is 1. The molecule has 15 heavy (non-hydrogen) atoms. The van der Waals surface area contributed by atoms with Gasteiger partial charge in [0.15, 0.2) is 9.62 Å². The van der Waals surface area contributed by atoms with E-state index in [9.17, 15) is 0 Å². The van der Waals surface area contributed by atoms with E-state index in [-0.39, 0.29) is 0 Å². The van der Waals surface area contributed by atoms with E-state index in [4.69, 9.17) is 11.6 Å². The van der Waals surface area contributed by atoms with E-state index in [1.54, 1.807) is 18.0 Å². The number of nitrogens with zero attached hydrogens (tertiary/aromatic N) is 3. The van der Waals surface area contributed by atoms with E-state index in [1.807, 2.05) is 19.3 Å². The highest BCUT2D eigenvalue weighted by Crippen LogP contribution is 2.24. The molecule has 0 amide bonds. The molecule has 0 spiro atoms. The highest BCUT2D eigenvalue weighted by molar-refractivity contribution is 7.98. The van der Waals surface area contributed by atoms with Crippen molar-refractivity contribution in [3.8, 4) is 0 Å². The Bertz CT molecular complexity index is 441. The van der Waals surface area contributed by atoms with Gasteiger partial charge in [-0.1, -0.05) is 23.4 Å². The van der Waals surface area contributed by atoms with E-state index in [0.717, 1.165) is 21.3 Å². The minimum absolute atomic E-state index is 0.579. The monoisotopic (exact) mass is 257 g/mol. The Balaban J connectivity index is 1.96. The third kappa shape index (κ3) is 3.15. The Kier molecular flexibility index (Phi) is 3.56. The van der Waals surface area contributed by atoms with Crippen molar-refractivity contribution in [3.05, 3.63) is 33.5 Å². The maximum Gasteiger partial charge on any atom is 0.187 e. The summed E-state index contributed by atoms with van der Waals surface area (Å²) in [5, 5.41) is 0.783. The van der Waals surface area contributed by atoms with Crippen LogP contribution in [-0.2, 0) is 5.75 Å². The summed E-state index contributed by atoms with van der Waals surface area (Å²) in [5.74, 6) is 0.813. The fourth-order valence-corrected chi connectivity index (χ4v) is 2.73. The molecule has 0 N–H and O–H groups in total. The molecule has 0 unspecified atom stereocenters. The Morgan fingerprint density at radius 2 is 2.00 bits per heavy atom. The molecule has 0 saturated carbocycles. The summed E-state index contributed by atoms with van der Waals surface area (Å²) in [6.07, 6.45) is 5.41. The van der Waals surface area contributed by atoms with Gasteiger partial charge < -0.3 is 0 Å². The molecule has 2 rings (SSSR count). The van der Waals surface area contributed by atoms with Gasteiger partial charge in [0.1, 0.15) is 0 Å². The van der Waals surface area contributed by atoms with Crippen molar-refractivity contribution in [3.63, 3.8) is 0 Å². The van der Waals surface area contributed by atoms with Gasteiger partial charge in [0.05, 0.1) is 0 Å². The number of thiazole rings is 1. The Morgan fingerprint density at radius 3 is 2.60 bits per heavy atom. The van der Waals surface area contributed by atoms with Gasteiger partial charge >= 0.3 is 0 Å². The van der Waals surface area contributed by atoms with Crippen LogP contribution in [0, 0.1) is 6.92 Å². The number of aryl methyl sites for hydroxylation is 1. The minimum Gasteiger partial charge on any atom is -0.233 e. The van der Waals surface area contributed by atoms with Gasteiger partial charge in [-0.2, -0.15) is 0 Å². The van der Waals surface area contributed by atoms with Crippen LogP contribution in [-0.4, -0.2) is 15.0 Å². The molecule has 3 nitrogen and oxygen atoms in total. The molecular weight excluding hydrogens is 250 g/mol. The number of hydrogen-bond donors (Lipinski definition) is 0. The van der Waals surface area contributed by atoms with Gasteiger partial charge in [-0.15, -0.1) is 11.3 Å². The third-order valence-corrected chi connectivity index (χ3v) is 3.85. The summed E-state index contributed by atoms with van der Waals surface area (Å²) in [7, 11) is 0. The normalized spacial score (nSPS) is 10.5. The Morgan fingerprint density at radius 1 is 1.27 bits per heavy atom. The second-order valence-electron chi connectivity index (χ2n) is 2.91. The minimum atomic E-state index is 0.579. The van der Waals surface area contributed by atoms with Crippen molar-refractivity contribution < 1.29 is 0 Å². The first-order chi connectivity index (χ1) is 7.24. The van der Waals surface area contributed by atoms with Gasteiger partial charge in [-0.3, -0.25) is 0 Å². The summed E-state index contributed by atoms with van der Waals surface area (Å²) in [4.78, 5) is 13.5. The molecule has 0 aromatic carbocycles. The molecule has 0 atom stereocenters. The standard InChI is InChI=1S/C9H8ClN3S2/c1-6-2-12-9(13-3-6)14-5-7-4-11-8(10)15-7/h2-4H,5H2,1H3. The second kappa shape index (κ2) is 4.92. The lowest BCUT2D eigenvalue weighted by Gasteiger charge is -1.97. The maximum atomic E-state index is 5.73. The van der Waals surface area contributed by atoms with Crippen LogP contribution in [0.4, 0.5) is 0 Å². The highest BCUT2D eigenvalue weighted by Gasteiger charge is 2.02. The molecule has 2 aromatic rings. The van der Waals surface area contributed by atoms with Gasteiger partial charge in [-0.05, 0) is 12.5 Å². The fourth-order valence-electron chi connectivity index (χ4n) is 0.941. The van der Waals surface area contributed by atoms with Crippen molar-refractivity contribution >= 4 is 34.7 Å². The second-order valence-corrected chi connectivity index (χ2v) is 5.55. The molecule has 2 heterocycles. The predicted octanol–water partition coefficient (Wildman–Crippen LogP) is 3.19. The molecule has 0 fully saturated rings. The van der Waals surface area contributed by atoms with Crippen LogP contribution in [0.3, 0.4) is 0 Å². The molecule has 0 bridgehead atoms. The zero-order valence-electron chi connectivity index (χ0n) is 7.98. The number of hydrogen-bond acceptors (Lipinski definition) is 5. The van der Waals surface area contributed by atoms with Crippen LogP contribution in [0.1, 0.15) is 10.4 Å². The van der Waals surface area contributed by atoms with E-state index >= 15 is 0 Å². The first kappa shape index (κ1) is 10.9. The number of rotatable bonds is 3. The topological polar surface area (TPSA) is 38.7 Å². The van der Waals surface area contributed by atoms with Gasteiger partial charge in [-0.25, -0.2) is 15.0 Å². The number of aromatic nitrogens is 3. The summed E-state index contributed by atoms with van der Waals surface area (Å²) < 4.78 is 0.579. The molecule has 0 aliphatic carbocycles. The lowest BCUT2D eigenvalue weighted by atomic mass is 10.4. The first-order valence-corrected chi connectivity index (χ1v) is 6.44. The van der Waals surface area contributed by atoms with Crippen LogP contribution >= 0.6 is 34.7 Å². The van der Waals surface area contributed by atoms with Gasteiger partial charge in [0.25, 0.3) is 0 Å². The van der Waals surface area contributed by atoms with Crippen molar-refractivity contribution in [1.82, 2.24) is 15.0 Å². The van der Waals surface area contributed by atoms with Gasteiger partial charge in [0.2, 0.25) is 0 Å². The Hall–Kier alpha value is -0.650. The molecule has 0 aliphatic rings. The molecule has 0 radical (unpaired) electrons. The summed E-state index contributed by atoms with van der Waals surface area (Å²) >= 11 is 8.80. The van der Waals surface area contributed by atoms with Crippen molar-refractivity contribution in [2.45, 2.75) is 17.8 Å². The molecular formula is C9H8ClN3S2. The molecule has 2 aromatic heterocycles. The lowest BCUT2D eigenvalue weighted by Crippen LogP contribution is -1.86. The average molecular weight is 258 g/mol. The summed E-state index contributed by atoms with van der Waals surface area (Å²) in [6, 6.07) is 0. The maximum absolute atomic E-state index is 5.73. The van der Waals surface area contributed by atoms with Crippen molar-refractivity contribution in [2.75, 3.05) is 0 Å². The lowest BCUT2D eigenvalue weighted by molar-refractivity contribution is 0.950. The molecule has 6 heteroatoms. The van der Waals surface area contributed by atoms with Crippen molar-refractivity contribution in [2.24, 2.45) is 0 Å². The summed E-state index contributed by atoms with van der Waals surface area (Å²) in [6.45, 7) is 1.97. The van der Waals surface area contributed by atoms with Crippen molar-refractivity contribution in [1.29, 1.82) is 0 Å². The van der Waals surface area contributed by atoms with E-state index < -0.39 is 0 Å². The first-order valence-electron chi connectivity index (χ1n) is 4.26. The van der Waals surface area contributed by atoms with E-state index in [2.05, 4.69) is 15.0 Å². The molecule has 0 aliphatic heterocycles. The predicted molar refractivity (Wildman–Crippen MR) is 63.5 cm³/mol.